The number of rotatable bonds is 7. The third-order valence-corrected chi connectivity index (χ3v) is 7.59. The highest BCUT2D eigenvalue weighted by Crippen LogP contribution is 2.36. The molecule has 1 aliphatic heterocycles. The van der Waals surface area contributed by atoms with Gasteiger partial charge in [-0.15, -0.1) is 0 Å². The third-order valence-electron chi connectivity index (χ3n) is 7.59. The number of likely N-dealkylation sites (tertiary alicyclic amines) is 1. The zero-order chi connectivity index (χ0) is 31.9. The number of ether oxygens (including phenoxy) is 1. The number of carbonyl (C=O) groups is 1. The highest BCUT2D eigenvalue weighted by Gasteiger charge is 2.32. The lowest BCUT2D eigenvalue weighted by molar-refractivity contribution is -0.137. The van der Waals surface area contributed by atoms with E-state index in [9.17, 15) is 27.5 Å². The van der Waals surface area contributed by atoms with Gasteiger partial charge in [-0.25, -0.2) is 19.0 Å². The van der Waals surface area contributed by atoms with Crippen molar-refractivity contribution in [3.05, 3.63) is 89.5 Å². The van der Waals surface area contributed by atoms with Crippen molar-refractivity contribution in [3.8, 4) is 22.7 Å². The van der Waals surface area contributed by atoms with Gasteiger partial charge in [0.2, 0.25) is 0 Å². The number of halogens is 4. The van der Waals surface area contributed by atoms with Crippen LogP contribution >= 0.6 is 0 Å². The Balaban J connectivity index is 1.30. The summed E-state index contributed by atoms with van der Waals surface area (Å²) >= 11 is 0. The molecule has 0 unspecified atom stereocenters. The Labute approximate surface area is 254 Å². The quantitative estimate of drug-likeness (QED) is 0.215. The molecule has 1 atom stereocenters. The number of hydrogen-bond donors (Lipinski definition) is 3. The largest absolute Gasteiger partial charge is 0.495 e. The summed E-state index contributed by atoms with van der Waals surface area (Å²) in [7, 11) is 1.37. The number of carbonyl (C=O) groups excluding carboxylic acids is 1. The van der Waals surface area contributed by atoms with E-state index >= 15 is 0 Å². The Hall–Kier alpha value is -5.08. The summed E-state index contributed by atoms with van der Waals surface area (Å²) in [5, 5.41) is 17.6. The van der Waals surface area contributed by atoms with Crippen LogP contribution in [0.4, 0.5) is 29.1 Å². The minimum Gasteiger partial charge on any atom is -0.495 e. The van der Waals surface area contributed by atoms with Crippen LogP contribution in [0.5, 0.6) is 5.75 Å². The predicted octanol–water partition coefficient (Wildman–Crippen LogP) is 5.05. The van der Waals surface area contributed by atoms with Gasteiger partial charge >= 0.3 is 6.18 Å². The second-order valence-corrected chi connectivity index (χ2v) is 10.6. The van der Waals surface area contributed by atoms with Crippen molar-refractivity contribution >= 4 is 28.4 Å². The average Bonchev–Trinajstić information content (AvgIpc) is 3.61. The summed E-state index contributed by atoms with van der Waals surface area (Å²) in [4.78, 5) is 23.5. The first-order valence-electron chi connectivity index (χ1n) is 13.9. The van der Waals surface area contributed by atoms with Gasteiger partial charge in [-0.3, -0.25) is 9.69 Å². The summed E-state index contributed by atoms with van der Waals surface area (Å²) in [6, 6.07) is 14.2. The lowest BCUT2D eigenvalue weighted by Gasteiger charge is -2.15. The molecule has 6 rings (SSSR count). The van der Waals surface area contributed by atoms with Crippen LogP contribution in [0.2, 0.25) is 0 Å². The highest BCUT2D eigenvalue weighted by molar-refractivity contribution is 6.06. The van der Waals surface area contributed by atoms with Gasteiger partial charge in [0.05, 0.1) is 41.1 Å². The molecule has 232 valence electrons. The van der Waals surface area contributed by atoms with E-state index in [-0.39, 0.29) is 29.4 Å². The van der Waals surface area contributed by atoms with Gasteiger partial charge < -0.3 is 20.9 Å². The predicted molar refractivity (Wildman–Crippen MR) is 158 cm³/mol. The lowest BCUT2D eigenvalue weighted by atomic mass is 10.1. The molecule has 4 N–H and O–H groups in total. The van der Waals surface area contributed by atoms with Crippen LogP contribution in [-0.2, 0) is 12.7 Å². The van der Waals surface area contributed by atoms with Crippen LogP contribution in [0.1, 0.15) is 27.9 Å². The molecule has 0 spiro atoms. The maximum Gasteiger partial charge on any atom is 0.416 e. The van der Waals surface area contributed by atoms with Gasteiger partial charge in [-0.2, -0.15) is 18.3 Å². The maximum atomic E-state index is 14.4. The first-order valence-corrected chi connectivity index (χ1v) is 13.9. The average molecular weight is 622 g/mol. The van der Waals surface area contributed by atoms with Crippen molar-refractivity contribution < 1.29 is 32.2 Å². The molecule has 1 amide bonds. The van der Waals surface area contributed by atoms with E-state index < -0.39 is 29.0 Å². The minimum atomic E-state index is -4.75. The number of aromatic nitrogens is 4. The number of β-amino-alcohol motifs (C(OH)–C–C–N with tert-alkyl or cyclic N) is 1. The summed E-state index contributed by atoms with van der Waals surface area (Å²) < 4.78 is 60.3. The molecule has 10 nitrogen and oxygen atoms in total. The Kier molecular flexibility index (Phi) is 7.85. The van der Waals surface area contributed by atoms with E-state index in [1.807, 2.05) is 24.3 Å². The van der Waals surface area contributed by atoms with Gasteiger partial charge in [0.25, 0.3) is 5.91 Å². The smallest absolute Gasteiger partial charge is 0.416 e. The van der Waals surface area contributed by atoms with Crippen LogP contribution in [-0.4, -0.2) is 62.0 Å². The van der Waals surface area contributed by atoms with E-state index in [0.717, 1.165) is 30.3 Å². The number of hydrogen-bond acceptors (Lipinski definition) is 8. The zero-order valence-electron chi connectivity index (χ0n) is 23.8. The number of benzene rings is 3. The van der Waals surface area contributed by atoms with Crippen molar-refractivity contribution in [1.29, 1.82) is 0 Å². The van der Waals surface area contributed by atoms with Crippen LogP contribution in [0.25, 0.3) is 28.0 Å². The molecule has 1 aliphatic rings. The normalized spacial score (nSPS) is 15.5. The summed E-state index contributed by atoms with van der Waals surface area (Å²) in [6.07, 6.45) is -2.94. The van der Waals surface area contributed by atoms with Gasteiger partial charge in [0.15, 0.2) is 5.65 Å². The van der Waals surface area contributed by atoms with Crippen molar-refractivity contribution in [2.45, 2.75) is 25.2 Å². The molecule has 0 aliphatic carbocycles. The highest BCUT2D eigenvalue weighted by atomic mass is 19.4. The summed E-state index contributed by atoms with van der Waals surface area (Å²) in [6.45, 7) is 2.19. The Bertz CT molecular complexity index is 1890. The second kappa shape index (κ2) is 11.8. The van der Waals surface area contributed by atoms with Crippen LogP contribution < -0.4 is 15.8 Å². The molecule has 0 radical (unpaired) electrons. The van der Waals surface area contributed by atoms with Crippen molar-refractivity contribution in [2.24, 2.45) is 0 Å². The van der Waals surface area contributed by atoms with Crippen molar-refractivity contribution in [3.63, 3.8) is 0 Å². The number of fused-ring (bicyclic) bond motifs is 1. The first-order chi connectivity index (χ1) is 21.5. The fourth-order valence-electron chi connectivity index (χ4n) is 5.32. The summed E-state index contributed by atoms with van der Waals surface area (Å²) in [5.74, 6) is -1.89. The molecule has 2 aromatic heterocycles. The number of nitrogens with zero attached hydrogens (tertiary/aromatic N) is 5. The van der Waals surface area contributed by atoms with Gasteiger partial charge in [0.1, 0.15) is 29.4 Å². The summed E-state index contributed by atoms with van der Waals surface area (Å²) in [5.41, 5.74) is 7.90. The first kappa shape index (κ1) is 30.0. The standard InChI is InChI=1S/C31H27F4N7O3/c1-45-25-12-18(4-9-24(25)39-30(44)22-8-5-19(13-23(22)32)31(33,34)35)27-26-28(36)37-16-38-29(26)42(40-27)20-6-2-17(3-7-20)14-41-11-10-21(43)15-41/h2-9,12-13,16,21,43H,10-11,14-15H2,1H3,(H,39,44)(H2,36,37,38)/t21-/m1/s1. The molecule has 3 aromatic carbocycles. The number of nitrogens with two attached hydrogens (primary N) is 1. The number of amides is 1. The van der Waals surface area contributed by atoms with Gasteiger partial charge in [0, 0.05) is 25.2 Å². The maximum absolute atomic E-state index is 14.4. The Morgan fingerprint density at radius 2 is 1.89 bits per heavy atom. The van der Waals surface area contributed by atoms with Crippen molar-refractivity contribution in [2.75, 3.05) is 31.2 Å². The SMILES string of the molecule is COc1cc(-c2nn(-c3ccc(CN4CC[C@@H](O)C4)cc3)c3ncnc(N)c23)ccc1NC(=O)c1ccc(C(F)(F)F)cc1F. The monoisotopic (exact) mass is 621 g/mol. The molecule has 3 heterocycles. The van der Waals surface area contributed by atoms with Crippen LogP contribution in [0.3, 0.4) is 0 Å². The molecular formula is C31H27F4N7O3. The van der Waals surface area contributed by atoms with E-state index in [0.29, 0.717) is 41.4 Å². The fraction of sp³-hybridized carbons (Fsp3) is 0.226. The second-order valence-electron chi connectivity index (χ2n) is 10.6. The van der Waals surface area contributed by atoms with Crippen molar-refractivity contribution in [1.82, 2.24) is 24.6 Å². The molecule has 1 saturated heterocycles. The number of aliphatic hydroxyl groups is 1. The molecular weight excluding hydrogens is 594 g/mol. The number of methoxy groups -OCH3 is 1. The topological polar surface area (TPSA) is 131 Å². The lowest BCUT2D eigenvalue weighted by Crippen LogP contribution is -2.21. The Morgan fingerprint density at radius 3 is 2.56 bits per heavy atom. The third kappa shape index (κ3) is 6.01. The minimum absolute atomic E-state index is 0.152. The molecule has 14 heteroatoms. The van der Waals surface area contributed by atoms with E-state index in [1.54, 1.807) is 16.8 Å². The van der Waals surface area contributed by atoms with Gasteiger partial charge in [-0.1, -0.05) is 18.2 Å². The van der Waals surface area contributed by atoms with Crippen LogP contribution in [0, 0.1) is 5.82 Å². The number of nitrogen functional groups attached to an aromatic ring is 1. The van der Waals surface area contributed by atoms with Gasteiger partial charge in [-0.05, 0) is 54.4 Å². The number of alkyl halides is 3. The molecule has 0 bridgehead atoms. The molecule has 0 saturated carbocycles. The molecule has 45 heavy (non-hydrogen) atoms. The molecule has 5 aromatic rings. The zero-order valence-corrected chi connectivity index (χ0v) is 23.8. The fourth-order valence-corrected chi connectivity index (χ4v) is 5.32. The number of aliphatic hydroxyl groups excluding tert-OH is 1. The van der Waals surface area contributed by atoms with E-state index in [1.165, 1.54) is 19.5 Å². The Morgan fingerprint density at radius 1 is 1.11 bits per heavy atom. The van der Waals surface area contributed by atoms with Crippen LogP contribution in [0.15, 0.2) is 67.0 Å². The number of nitrogens with one attached hydrogen (secondary N) is 1. The number of anilines is 2. The van der Waals surface area contributed by atoms with E-state index in [4.69, 9.17) is 15.6 Å². The molecule has 1 fully saturated rings. The van der Waals surface area contributed by atoms with E-state index in [2.05, 4.69) is 20.2 Å².